The molecule has 14 heavy (non-hydrogen) atoms. The number of halogens is 1. The number of benzene rings is 1. The highest BCUT2D eigenvalue weighted by atomic mass is 35.5. The first kappa shape index (κ1) is 10.8. The number of hydrogen-bond acceptors (Lipinski definition) is 3. The molecule has 1 aromatic rings. The van der Waals surface area contributed by atoms with E-state index in [0.29, 0.717) is 24.5 Å². The summed E-state index contributed by atoms with van der Waals surface area (Å²) in [4.78, 5) is 0. The van der Waals surface area contributed by atoms with Crippen molar-refractivity contribution in [1.82, 2.24) is 5.32 Å². The van der Waals surface area contributed by atoms with Gasteiger partial charge in [0.1, 0.15) is 5.75 Å². The lowest BCUT2D eigenvalue weighted by Crippen LogP contribution is -2.14. The number of phenolic OH excluding ortho intramolecular Hbond substituents is 1. The minimum atomic E-state index is 0.221. The molecule has 1 rings (SSSR count). The Balaban J connectivity index is 2.50. The molecule has 0 aliphatic rings. The number of aromatic hydroxyl groups is 1. The molecular formula is C10H11ClN2O. The lowest BCUT2D eigenvalue weighted by atomic mass is 10.2. The highest BCUT2D eigenvalue weighted by Crippen LogP contribution is 2.20. The molecule has 74 valence electrons. The fourth-order valence-electron chi connectivity index (χ4n) is 1.06. The van der Waals surface area contributed by atoms with Gasteiger partial charge in [0.15, 0.2) is 0 Å². The Morgan fingerprint density at radius 2 is 2.29 bits per heavy atom. The van der Waals surface area contributed by atoms with Crippen LogP contribution in [0.4, 0.5) is 0 Å². The van der Waals surface area contributed by atoms with E-state index in [2.05, 4.69) is 5.32 Å². The van der Waals surface area contributed by atoms with Crippen molar-refractivity contribution in [3.63, 3.8) is 0 Å². The summed E-state index contributed by atoms with van der Waals surface area (Å²) >= 11 is 5.77. The van der Waals surface area contributed by atoms with E-state index < -0.39 is 0 Å². The van der Waals surface area contributed by atoms with Gasteiger partial charge in [-0.1, -0.05) is 11.6 Å². The van der Waals surface area contributed by atoms with Crippen LogP contribution in [-0.2, 0) is 6.54 Å². The van der Waals surface area contributed by atoms with Gasteiger partial charge < -0.3 is 10.4 Å². The zero-order valence-corrected chi connectivity index (χ0v) is 8.38. The largest absolute Gasteiger partial charge is 0.508 e. The third-order valence-electron chi connectivity index (χ3n) is 1.77. The molecule has 4 heteroatoms. The highest BCUT2D eigenvalue weighted by molar-refractivity contribution is 6.30. The highest BCUT2D eigenvalue weighted by Gasteiger charge is 2.00. The number of nitriles is 1. The summed E-state index contributed by atoms with van der Waals surface area (Å²) < 4.78 is 0. The monoisotopic (exact) mass is 210 g/mol. The van der Waals surface area contributed by atoms with E-state index in [1.54, 1.807) is 18.2 Å². The number of phenols is 1. The zero-order chi connectivity index (χ0) is 10.4. The molecule has 1 aromatic carbocycles. The van der Waals surface area contributed by atoms with E-state index in [1.165, 1.54) is 0 Å². The molecule has 0 atom stereocenters. The molecule has 0 unspecified atom stereocenters. The molecule has 2 N–H and O–H groups in total. The van der Waals surface area contributed by atoms with E-state index in [4.69, 9.17) is 16.9 Å². The van der Waals surface area contributed by atoms with Gasteiger partial charge in [0.25, 0.3) is 0 Å². The summed E-state index contributed by atoms with van der Waals surface area (Å²) in [6.45, 7) is 1.14. The van der Waals surface area contributed by atoms with Crippen LogP contribution in [0.15, 0.2) is 18.2 Å². The van der Waals surface area contributed by atoms with Crippen molar-refractivity contribution >= 4 is 11.6 Å². The molecule has 0 spiro atoms. The minimum absolute atomic E-state index is 0.221. The second kappa shape index (κ2) is 5.48. The molecule has 0 heterocycles. The van der Waals surface area contributed by atoms with Gasteiger partial charge in [-0.3, -0.25) is 0 Å². The van der Waals surface area contributed by atoms with Gasteiger partial charge in [-0.25, -0.2) is 0 Å². The molecule has 0 radical (unpaired) electrons. The van der Waals surface area contributed by atoms with Crippen molar-refractivity contribution in [3.8, 4) is 11.8 Å². The zero-order valence-electron chi connectivity index (χ0n) is 7.63. The molecule has 0 saturated heterocycles. The molecule has 0 fully saturated rings. The van der Waals surface area contributed by atoms with Crippen molar-refractivity contribution < 1.29 is 5.11 Å². The predicted octanol–water partition coefficient (Wildman–Crippen LogP) is 2.05. The van der Waals surface area contributed by atoms with Crippen molar-refractivity contribution in [2.75, 3.05) is 6.54 Å². The van der Waals surface area contributed by atoms with E-state index in [9.17, 15) is 5.11 Å². The van der Waals surface area contributed by atoms with Crippen LogP contribution >= 0.6 is 11.6 Å². The van der Waals surface area contributed by atoms with Crippen LogP contribution in [-0.4, -0.2) is 11.7 Å². The summed E-state index contributed by atoms with van der Waals surface area (Å²) in [5.41, 5.74) is 0.746. The SMILES string of the molecule is N#CCCNCc1cc(Cl)ccc1O. The normalized spacial score (nSPS) is 9.71. The van der Waals surface area contributed by atoms with Crippen molar-refractivity contribution in [3.05, 3.63) is 28.8 Å². The Labute approximate surface area is 87.9 Å². The Hall–Kier alpha value is -1.24. The molecule has 0 aliphatic carbocycles. The first-order chi connectivity index (χ1) is 6.74. The summed E-state index contributed by atoms with van der Waals surface area (Å²) in [5, 5.41) is 21.4. The van der Waals surface area contributed by atoms with Crippen LogP contribution in [0.25, 0.3) is 0 Å². The maximum atomic E-state index is 9.43. The molecule has 0 bridgehead atoms. The van der Waals surface area contributed by atoms with E-state index >= 15 is 0 Å². The lowest BCUT2D eigenvalue weighted by Gasteiger charge is -2.05. The molecular weight excluding hydrogens is 200 g/mol. The summed E-state index contributed by atoms with van der Waals surface area (Å²) in [7, 11) is 0. The van der Waals surface area contributed by atoms with Crippen LogP contribution in [0.3, 0.4) is 0 Å². The molecule has 3 nitrogen and oxygen atoms in total. The minimum Gasteiger partial charge on any atom is -0.508 e. The third-order valence-corrected chi connectivity index (χ3v) is 2.01. The van der Waals surface area contributed by atoms with E-state index in [-0.39, 0.29) is 5.75 Å². The van der Waals surface area contributed by atoms with E-state index in [1.807, 2.05) is 6.07 Å². The molecule has 0 aliphatic heterocycles. The quantitative estimate of drug-likeness (QED) is 0.748. The Kier molecular flexibility index (Phi) is 4.24. The predicted molar refractivity (Wildman–Crippen MR) is 55.1 cm³/mol. The topological polar surface area (TPSA) is 56.0 Å². The van der Waals surface area contributed by atoms with Crippen LogP contribution < -0.4 is 5.32 Å². The van der Waals surface area contributed by atoms with Gasteiger partial charge in [-0.15, -0.1) is 0 Å². The van der Waals surface area contributed by atoms with Gasteiger partial charge in [0, 0.05) is 30.1 Å². The average Bonchev–Trinajstić information content (AvgIpc) is 2.18. The van der Waals surface area contributed by atoms with Crippen molar-refractivity contribution in [1.29, 1.82) is 5.26 Å². The fourth-order valence-corrected chi connectivity index (χ4v) is 1.26. The van der Waals surface area contributed by atoms with Gasteiger partial charge in [-0.2, -0.15) is 5.26 Å². The van der Waals surface area contributed by atoms with Gasteiger partial charge >= 0.3 is 0 Å². The Bertz CT molecular complexity index is 346. The van der Waals surface area contributed by atoms with Crippen LogP contribution in [0, 0.1) is 11.3 Å². The molecule has 0 amide bonds. The fraction of sp³-hybridized carbons (Fsp3) is 0.300. The number of nitrogens with zero attached hydrogens (tertiary/aromatic N) is 1. The third kappa shape index (κ3) is 3.25. The van der Waals surface area contributed by atoms with Crippen molar-refractivity contribution in [2.24, 2.45) is 0 Å². The van der Waals surface area contributed by atoms with Gasteiger partial charge in [-0.05, 0) is 18.2 Å². The molecule has 0 aromatic heterocycles. The summed E-state index contributed by atoms with van der Waals surface area (Å²) in [6.07, 6.45) is 0.460. The number of nitrogens with one attached hydrogen (secondary N) is 1. The maximum Gasteiger partial charge on any atom is 0.120 e. The maximum absolute atomic E-state index is 9.43. The number of rotatable bonds is 4. The van der Waals surface area contributed by atoms with Crippen LogP contribution in [0.2, 0.25) is 5.02 Å². The van der Waals surface area contributed by atoms with E-state index in [0.717, 1.165) is 5.56 Å². The Morgan fingerprint density at radius 3 is 3.00 bits per heavy atom. The van der Waals surface area contributed by atoms with Crippen LogP contribution in [0.1, 0.15) is 12.0 Å². The molecule has 0 saturated carbocycles. The first-order valence-electron chi connectivity index (χ1n) is 4.29. The van der Waals surface area contributed by atoms with Crippen molar-refractivity contribution in [2.45, 2.75) is 13.0 Å². The Morgan fingerprint density at radius 1 is 1.50 bits per heavy atom. The summed E-state index contributed by atoms with van der Waals surface area (Å²) in [6, 6.07) is 6.93. The summed E-state index contributed by atoms with van der Waals surface area (Å²) in [5.74, 6) is 0.221. The standard InChI is InChI=1S/C10H11ClN2O/c11-9-2-3-10(14)8(6-9)7-13-5-1-4-12/h2-3,6,13-14H,1,5,7H2. The average molecular weight is 211 g/mol. The lowest BCUT2D eigenvalue weighted by molar-refractivity contribution is 0.465. The second-order valence-corrected chi connectivity index (χ2v) is 3.29. The van der Waals surface area contributed by atoms with Gasteiger partial charge in [0.05, 0.1) is 6.07 Å². The second-order valence-electron chi connectivity index (χ2n) is 2.86. The number of hydrogen-bond donors (Lipinski definition) is 2. The van der Waals surface area contributed by atoms with Gasteiger partial charge in [0.2, 0.25) is 0 Å². The van der Waals surface area contributed by atoms with Crippen LogP contribution in [0.5, 0.6) is 5.75 Å². The first-order valence-corrected chi connectivity index (χ1v) is 4.67. The smallest absolute Gasteiger partial charge is 0.120 e.